The standard InChI is InChI=1S/C14H19Cl2N7.ClH/c1-11-8-13(22(6-4-15)7-5-16)3-2-12(11)9-18-20-14-21-19-10-23(14)17;/h2-3,8-10H,4-7,17H2,1H3,(H,20,21);1H/b18-9-;. The third kappa shape index (κ3) is 5.43. The predicted octanol–water partition coefficient (Wildman–Crippen LogP) is 2.45. The van der Waals surface area contributed by atoms with Crippen LogP contribution in [0.25, 0.3) is 0 Å². The predicted molar refractivity (Wildman–Crippen MR) is 103 cm³/mol. The molecule has 24 heavy (non-hydrogen) atoms. The van der Waals surface area contributed by atoms with Crippen LogP contribution in [0.3, 0.4) is 0 Å². The second kappa shape index (κ2) is 10.2. The average Bonchev–Trinajstić information content (AvgIpc) is 2.94. The van der Waals surface area contributed by atoms with E-state index in [2.05, 4.69) is 31.7 Å². The summed E-state index contributed by atoms with van der Waals surface area (Å²) in [4.78, 5) is 2.16. The fourth-order valence-electron chi connectivity index (χ4n) is 2.06. The first-order valence-electron chi connectivity index (χ1n) is 7.07. The zero-order valence-electron chi connectivity index (χ0n) is 13.2. The van der Waals surface area contributed by atoms with Crippen molar-refractivity contribution in [3.8, 4) is 0 Å². The van der Waals surface area contributed by atoms with E-state index in [0.717, 1.165) is 29.9 Å². The molecule has 10 heteroatoms. The maximum atomic E-state index is 5.85. The lowest BCUT2D eigenvalue weighted by Gasteiger charge is -2.23. The average molecular weight is 393 g/mol. The Morgan fingerprint density at radius 3 is 2.58 bits per heavy atom. The van der Waals surface area contributed by atoms with E-state index >= 15 is 0 Å². The molecule has 0 atom stereocenters. The summed E-state index contributed by atoms with van der Waals surface area (Å²) >= 11 is 11.7. The molecular weight excluding hydrogens is 373 g/mol. The Hall–Kier alpha value is -1.70. The molecule has 0 amide bonds. The second-order valence-electron chi connectivity index (χ2n) is 4.84. The van der Waals surface area contributed by atoms with Gasteiger partial charge in [0.2, 0.25) is 0 Å². The number of alkyl halides is 2. The number of aryl methyl sites for hydroxylation is 1. The lowest BCUT2D eigenvalue weighted by atomic mass is 10.1. The number of rotatable bonds is 8. The van der Waals surface area contributed by atoms with Gasteiger partial charge in [-0.15, -0.1) is 45.8 Å². The van der Waals surface area contributed by atoms with E-state index in [-0.39, 0.29) is 12.4 Å². The fourth-order valence-corrected chi connectivity index (χ4v) is 2.47. The van der Waals surface area contributed by atoms with Gasteiger partial charge in [0.25, 0.3) is 5.95 Å². The van der Waals surface area contributed by atoms with Crippen LogP contribution in [0.4, 0.5) is 11.6 Å². The number of nitrogens with one attached hydrogen (secondary N) is 1. The van der Waals surface area contributed by atoms with Crippen LogP contribution in [-0.2, 0) is 0 Å². The summed E-state index contributed by atoms with van der Waals surface area (Å²) in [6, 6.07) is 6.11. The van der Waals surface area contributed by atoms with Crippen molar-refractivity contribution < 1.29 is 0 Å². The summed E-state index contributed by atoms with van der Waals surface area (Å²) in [6.45, 7) is 3.54. The van der Waals surface area contributed by atoms with E-state index in [4.69, 9.17) is 29.0 Å². The van der Waals surface area contributed by atoms with Crippen molar-refractivity contribution >= 4 is 53.5 Å². The van der Waals surface area contributed by atoms with Crippen LogP contribution in [0.1, 0.15) is 11.1 Å². The summed E-state index contributed by atoms with van der Waals surface area (Å²) in [5.74, 6) is 7.07. The molecule has 0 fully saturated rings. The van der Waals surface area contributed by atoms with Gasteiger partial charge in [-0.1, -0.05) is 6.07 Å². The molecule has 0 spiro atoms. The number of aromatic nitrogens is 3. The minimum absolute atomic E-state index is 0. The van der Waals surface area contributed by atoms with Crippen molar-refractivity contribution in [1.82, 2.24) is 14.9 Å². The monoisotopic (exact) mass is 391 g/mol. The van der Waals surface area contributed by atoms with Crippen molar-refractivity contribution in [1.29, 1.82) is 0 Å². The lowest BCUT2D eigenvalue weighted by molar-refractivity contribution is 0.873. The maximum absolute atomic E-state index is 5.85. The smallest absolute Gasteiger partial charge is 0.263 e. The number of hydrazone groups is 1. The Bertz CT molecular complexity index is 654. The zero-order chi connectivity index (χ0) is 16.7. The van der Waals surface area contributed by atoms with Crippen LogP contribution >= 0.6 is 35.6 Å². The third-order valence-electron chi connectivity index (χ3n) is 3.27. The molecule has 7 nitrogen and oxygen atoms in total. The first-order valence-corrected chi connectivity index (χ1v) is 8.14. The third-order valence-corrected chi connectivity index (χ3v) is 3.61. The van der Waals surface area contributed by atoms with Gasteiger partial charge in [-0.25, -0.2) is 10.1 Å². The highest BCUT2D eigenvalue weighted by atomic mass is 35.5. The van der Waals surface area contributed by atoms with Gasteiger partial charge in [0.05, 0.1) is 6.21 Å². The number of nitrogen functional groups attached to an aromatic ring is 1. The maximum Gasteiger partial charge on any atom is 0.263 e. The number of nitrogens with zero attached hydrogens (tertiary/aromatic N) is 5. The minimum Gasteiger partial charge on any atom is -0.369 e. The quantitative estimate of drug-likeness (QED) is 0.312. The summed E-state index contributed by atoms with van der Waals surface area (Å²) in [7, 11) is 0. The molecule has 0 aliphatic heterocycles. The normalized spacial score (nSPS) is 10.6. The lowest BCUT2D eigenvalue weighted by Crippen LogP contribution is -2.27. The number of hydrogen-bond acceptors (Lipinski definition) is 6. The molecule has 132 valence electrons. The molecule has 2 aromatic rings. The van der Waals surface area contributed by atoms with E-state index in [1.807, 2.05) is 19.1 Å². The van der Waals surface area contributed by atoms with Crippen LogP contribution in [0, 0.1) is 6.92 Å². The summed E-state index contributed by atoms with van der Waals surface area (Å²) in [5, 5.41) is 11.6. The number of anilines is 2. The molecule has 0 bridgehead atoms. The van der Waals surface area contributed by atoms with Gasteiger partial charge >= 0.3 is 0 Å². The molecule has 0 aliphatic rings. The van der Waals surface area contributed by atoms with Crippen LogP contribution in [0.15, 0.2) is 29.6 Å². The Morgan fingerprint density at radius 2 is 2.04 bits per heavy atom. The van der Waals surface area contributed by atoms with Crippen molar-refractivity contribution in [2.75, 3.05) is 41.0 Å². The van der Waals surface area contributed by atoms with E-state index in [0.29, 0.717) is 17.7 Å². The van der Waals surface area contributed by atoms with Crippen LogP contribution < -0.4 is 16.2 Å². The van der Waals surface area contributed by atoms with Crippen LogP contribution in [0.5, 0.6) is 0 Å². The molecule has 0 unspecified atom stereocenters. The van der Waals surface area contributed by atoms with Gasteiger partial charge in [-0.05, 0) is 30.2 Å². The van der Waals surface area contributed by atoms with Crippen molar-refractivity contribution in [2.24, 2.45) is 5.10 Å². The van der Waals surface area contributed by atoms with Crippen molar-refractivity contribution in [2.45, 2.75) is 6.92 Å². The Labute approximate surface area is 157 Å². The Balaban J connectivity index is 0.00000288. The first-order chi connectivity index (χ1) is 11.2. The van der Waals surface area contributed by atoms with Gasteiger partial charge < -0.3 is 10.7 Å². The van der Waals surface area contributed by atoms with E-state index in [9.17, 15) is 0 Å². The van der Waals surface area contributed by atoms with Crippen LogP contribution in [-0.4, -0.2) is 45.9 Å². The van der Waals surface area contributed by atoms with Gasteiger partial charge in [0.15, 0.2) is 0 Å². The van der Waals surface area contributed by atoms with Gasteiger partial charge in [0.1, 0.15) is 6.33 Å². The first kappa shape index (κ1) is 20.3. The van der Waals surface area contributed by atoms with E-state index < -0.39 is 0 Å². The zero-order valence-corrected chi connectivity index (χ0v) is 15.5. The van der Waals surface area contributed by atoms with Crippen molar-refractivity contribution in [3.05, 3.63) is 35.7 Å². The van der Waals surface area contributed by atoms with E-state index in [1.54, 1.807) is 6.21 Å². The number of nitrogens with two attached hydrogens (primary N) is 1. The second-order valence-corrected chi connectivity index (χ2v) is 5.59. The number of benzene rings is 1. The number of halogens is 3. The highest BCUT2D eigenvalue weighted by molar-refractivity contribution is 6.18. The molecular formula is C14H20Cl3N7. The summed E-state index contributed by atoms with van der Waals surface area (Å²) in [6.07, 6.45) is 3.10. The molecule has 1 aromatic carbocycles. The molecule has 2 rings (SSSR count). The van der Waals surface area contributed by atoms with Gasteiger partial charge in [-0.2, -0.15) is 5.10 Å². The summed E-state index contributed by atoms with van der Waals surface area (Å²) in [5.41, 5.74) is 5.91. The van der Waals surface area contributed by atoms with Crippen LogP contribution in [0.2, 0.25) is 0 Å². The molecule has 0 radical (unpaired) electrons. The van der Waals surface area contributed by atoms with Gasteiger partial charge in [0, 0.05) is 30.5 Å². The number of hydrogen-bond donors (Lipinski definition) is 2. The molecule has 1 heterocycles. The Morgan fingerprint density at radius 1 is 1.33 bits per heavy atom. The Kier molecular flexibility index (Phi) is 8.67. The molecule has 0 saturated heterocycles. The molecule has 3 N–H and O–H groups in total. The largest absolute Gasteiger partial charge is 0.369 e. The molecule has 0 saturated carbocycles. The van der Waals surface area contributed by atoms with Crippen molar-refractivity contribution in [3.63, 3.8) is 0 Å². The van der Waals surface area contributed by atoms with E-state index in [1.165, 1.54) is 11.0 Å². The van der Waals surface area contributed by atoms with Gasteiger partial charge in [-0.3, -0.25) is 0 Å². The molecule has 0 aliphatic carbocycles. The molecule has 1 aromatic heterocycles. The highest BCUT2D eigenvalue weighted by Crippen LogP contribution is 2.18. The minimum atomic E-state index is 0. The SMILES string of the molecule is Cc1cc(N(CCCl)CCCl)ccc1/C=N\Nc1nncn1N.Cl. The topological polar surface area (TPSA) is 84.4 Å². The summed E-state index contributed by atoms with van der Waals surface area (Å²) < 4.78 is 1.25. The fraction of sp³-hybridized carbons (Fsp3) is 0.357. The highest BCUT2D eigenvalue weighted by Gasteiger charge is 2.07.